The van der Waals surface area contributed by atoms with Crippen molar-refractivity contribution in [2.24, 2.45) is 0 Å². The fourth-order valence-electron chi connectivity index (χ4n) is 5.72. The molecule has 0 saturated carbocycles. The zero-order valence-electron chi connectivity index (χ0n) is 25.4. The van der Waals surface area contributed by atoms with Crippen molar-refractivity contribution in [3.63, 3.8) is 0 Å². The molecule has 3 aliphatic heterocycles. The summed E-state index contributed by atoms with van der Waals surface area (Å²) < 4.78 is 19.0. The molecule has 3 aliphatic rings. The molecule has 0 aliphatic carbocycles. The van der Waals surface area contributed by atoms with Crippen molar-refractivity contribution in [1.82, 2.24) is 30.7 Å². The Labute approximate surface area is 258 Å². The molecule has 3 heterocycles. The number of carbonyl (C=O) groups excluding carboxylic acids is 3. The maximum atomic E-state index is 13.5. The normalized spacial score (nSPS) is 23.5. The Balaban J connectivity index is 1.12. The molecular formula is C33H41FN6O4. The summed E-state index contributed by atoms with van der Waals surface area (Å²) in [5.74, 6) is 5.81. The molecule has 0 radical (unpaired) electrons. The molecule has 44 heavy (non-hydrogen) atoms. The van der Waals surface area contributed by atoms with Gasteiger partial charge in [0.05, 0.1) is 19.3 Å². The Morgan fingerprint density at radius 3 is 2.18 bits per heavy atom. The van der Waals surface area contributed by atoms with Crippen LogP contribution >= 0.6 is 0 Å². The van der Waals surface area contributed by atoms with Crippen LogP contribution in [0.4, 0.5) is 9.18 Å². The number of amides is 4. The highest BCUT2D eigenvalue weighted by molar-refractivity contribution is 5.88. The summed E-state index contributed by atoms with van der Waals surface area (Å²) in [6.45, 7) is 5.05. The Hall–Kier alpha value is -3.98. The minimum atomic E-state index is -1.05. The van der Waals surface area contributed by atoms with E-state index < -0.39 is 24.3 Å². The highest BCUT2D eigenvalue weighted by atomic mass is 19.1. The van der Waals surface area contributed by atoms with Gasteiger partial charge in [0.15, 0.2) is 0 Å². The number of nitrogens with zero attached hydrogens (tertiary/aromatic N) is 3. The first-order chi connectivity index (χ1) is 21.2. The van der Waals surface area contributed by atoms with Crippen LogP contribution in [0.15, 0.2) is 48.5 Å². The van der Waals surface area contributed by atoms with Gasteiger partial charge in [-0.25, -0.2) is 9.18 Å². The Bertz CT molecular complexity index is 1370. The molecule has 4 atom stereocenters. The molecule has 2 aromatic rings. The first kappa shape index (κ1) is 31.4. The number of urea groups is 1. The van der Waals surface area contributed by atoms with Crippen molar-refractivity contribution in [3.8, 4) is 11.8 Å². The zero-order chi connectivity index (χ0) is 31.1. The average molecular weight is 605 g/mol. The second-order valence-electron chi connectivity index (χ2n) is 11.8. The summed E-state index contributed by atoms with van der Waals surface area (Å²) >= 11 is 0. The lowest BCUT2D eigenvalue weighted by atomic mass is 10.1. The number of hydrogen-bond donors (Lipinski definition) is 3. The lowest BCUT2D eigenvalue weighted by Crippen LogP contribution is -2.49. The quantitative estimate of drug-likeness (QED) is 0.414. The summed E-state index contributed by atoms with van der Waals surface area (Å²) in [6, 6.07) is 14.0. The zero-order valence-corrected chi connectivity index (χ0v) is 25.4. The van der Waals surface area contributed by atoms with Gasteiger partial charge in [0.25, 0.3) is 0 Å². The molecule has 234 valence electrons. The third kappa shape index (κ3) is 8.34. The fourth-order valence-corrected chi connectivity index (χ4v) is 5.72. The third-order valence-corrected chi connectivity index (χ3v) is 8.21. The third-order valence-electron chi connectivity index (χ3n) is 8.21. The van der Waals surface area contributed by atoms with E-state index in [0.29, 0.717) is 6.54 Å². The van der Waals surface area contributed by atoms with E-state index in [9.17, 15) is 18.8 Å². The van der Waals surface area contributed by atoms with Crippen molar-refractivity contribution in [1.29, 1.82) is 0 Å². The summed E-state index contributed by atoms with van der Waals surface area (Å²) in [4.78, 5) is 44.0. The first-order valence-electron chi connectivity index (χ1n) is 15.2. The monoisotopic (exact) mass is 604 g/mol. The predicted octanol–water partition coefficient (Wildman–Crippen LogP) is 1.48. The van der Waals surface area contributed by atoms with Crippen LogP contribution in [0.5, 0.6) is 0 Å². The van der Waals surface area contributed by atoms with Gasteiger partial charge in [0.2, 0.25) is 11.8 Å². The van der Waals surface area contributed by atoms with Crippen LogP contribution < -0.4 is 16.0 Å². The van der Waals surface area contributed by atoms with Gasteiger partial charge in [-0.15, -0.1) is 0 Å². The number of halogens is 1. The maximum absolute atomic E-state index is 13.5. The Morgan fingerprint density at radius 2 is 1.59 bits per heavy atom. The summed E-state index contributed by atoms with van der Waals surface area (Å²) in [6.07, 6.45) is -0.647. The summed E-state index contributed by atoms with van der Waals surface area (Å²) in [7, 11) is 3.25. The lowest BCUT2D eigenvalue weighted by molar-refractivity contribution is -0.125. The number of nitrogens with one attached hydrogen (secondary N) is 3. The smallest absolute Gasteiger partial charge is 0.320 e. The van der Waals surface area contributed by atoms with E-state index in [2.05, 4.69) is 44.8 Å². The number of benzene rings is 2. The molecule has 0 aromatic heterocycles. The van der Waals surface area contributed by atoms with Gasteiger partial charge in [-0.05, 0) is 41.8 Å². The van der Waals surface area contributed by atoms with E-state index in [0.717, 1.165) is 49.5 Å². The van der Waals surface area contributed by atoms with E-state index >= 15 is 0 Å². The molecule has 0 unspecified atom stereocenters. The molecule has 3 fully saturated rings. The molecule has 4 amide bonds. The van der Waals surface area contributed by atoms with Crippen LogP contribution in [-0.4, -0.2) is 110 Å². The highest BCUT2D eigenvalue weighted by Crippen LogP contribution is 2.21. The van der Waals surface area contributed by atoms with E-state index in [-0.39, 0.29) is 43.8 Å². The maximum Gasteiger partial charge on any atom is 0.320 e. The second kappa shape index (κ2) is 14.7. The predicted molar refractivity (Wildman–Crippen MR) is 164 cm³/mol. The largest absolute Gasteiger partial charge is 0.379 e. The van der Waals surface area contributed by atoms with E-state index in [1.54, 1.807) is 14.1 Å². The topological polar surface area (TPSA) is 106 Å². The van der Waals surface area contributed by atoms with Gasteiger partial charge in [0, 0.05) is 77.0 Å². The molecule has 5 rings (SSSR count). The van der Waals surface area contributed by atoms with Gasteiger partial charge in [-0.1, -0.05) is 36.1 Å². The lowest BCUT2D eigenvalue weighted by Gasteiger charge is -2.26. The van der Waals surface area contributed by atoms with Gasteiger partial charge < -0.3 is 30.5 Å². The molecule has 10 nitrogen and oxygen atoms in total. The number of hydrogen-bond acceptors (Lipinski definition) is 6. The van der Waals surface area contributed by atoms with Crippen molar-refractivity contribution in [3.05, 3.63) is 70.8 Å². The van der Waals surface area contributed by atoms with Crippen LogP contribution in [-0.2, 0) is 27.4 Å². The van der Waals surface area contributed by atoms with E-state index in [1.807, 2.05) is 36.4 Å². The Kier molecular flexibility index (Phi) is 10.5. The van der Waals surface area contributed by atoms with Crippen LogP contribution in [0.1, 0.15) is 35.1 Å². The van der Waals surface area contributed by atoms with Crippen LogP contribution in [0.3, 0.4) is 0 Å². The minimum absolute atomic E-state index is 0.121. The molecule has 0 spiro atoms. The number of morpholine rings is 1. The summed E-state index contributed by atoms with van der Waals surface area (Å²) in [5.41, 5.74) is 3.97. The van der Waals surface area contributed by atoms with Crippen LogP contribution in [0, 0.1) is 11.8 Å². The Morgan fingerprint density at radius 1 is 0.955 bits per heavy atom. The molecular weight excluding hydrogens is 563 g/mol. The standard InChI is InChI=1S/C33H41FN6O4/c1-38(2)33(43)40-22-28(37-31(41)29-17-27(34)20-35-29)18-30(40)32(42)36-19-25-9-5-23(6-10-25)3-4-24-7-11-26(12-8-24)21-39-13-15-44-16-14-39/h5-12,27-30,35H,13-22H2,1-2H3,(H,36,42)(H,37,41)/t27-,28+,29-,30+/m0/s1. The SMILES string of the molecule is CN(C)C(=O)N1C[C@H](NC(=O)[C@@H]2C[C@H](F)CN2)C[C@@H]1C(=O)NCc1ccc(C#Cc2ccc(CN3CCOCC3)cc2)cc1. The molecule has 2 aromatic carbocycles. The second-order valence-corrected chi connectivity index (χ2v) is 11.8. The number of ether oxygens (including phenoxy) is 1. The highest BCUT2D eigenvalue weighted by Gasteiger charge is 2.41. The summed E-state index contributed by atoms with van der Waals surface area (Å²) in [5, 5.41) is 8.70. The van der Waals surface area contributed by atoms with Crippen molar-refractivity contribution in [2.75, 3.05) is 53.5 Å². The van der Waals surface area contributed by atoms with Crippen LogP contribution in [0.25, 0.3) is 0 Å². The molecule has 3 N–H and O–H groups in total. The minimum Gasteiger partial charge on any atom is -0.379 e. The first-order valence-corrected chi connectivity index (χ1v) is 15.2. The molecule has 11 heteroatoms. The number of carbonyl (C=O) groups is 3. The van der Waals surface area contributed by atoms with Gasteiger partial charge in [-0.3, -0.25) is 14.5 Å². The number of alkyl halides is 1. The number of rotatable bonds is 7. The van der Waals surface area contributed by atoms with Gasteiger partial charge in [0.1, 0.15) is 12.2 Å². The number of likely N-dealkylation sites (tertiary alicyclic amines) is 1. The van der Waals surface area contributed by atoms with Gasteiger partial charge in [-0.2, -0.15) is 0 Å². The van der Waals surface area contributed by atoms with E-state index in [4.69, 9.17) is 4.74 Å². The van der Waals surface area contributed by atoms with Crippen molar-refractivity contribution in [2.45, 2.75) is 50.2 Å². The molecule has 3 saturated heterocycles. The van der Waals surface area contributed by atoms with E-state index in [1.165, 1.54) is 15.4 Å². The fraction of sp³-hybridized carbons (Fsp3) is 0.485. The van der Waals surface area contributed by atoms with Crippen molar-refractivity contribution < 1.29 is 23.5 Å². The molecule has 0 bridgehead atoms. The van der Waals surface area contributed by atoms with Crippen molar-refractivity contribution >= 4 is 17.8 Å². The van der Waals surface area contributed by atoms with Crippen LogP contribution in [0.2, 0.25) is 0 Å². The average Bonchev–Trinajstić information content (AvgIpc) is 3.66. The van der Waals surface area contributed by atoms with Gasteiger partial charge >= 0.3 is 6.03 Å².